The number of hydrogen-bond donors (Lipinski definition) is 3. The third-order valence-electron chi connectivity index (χ3n) is 5.74. The standard InChI is InChI=1S/C23H26N6O2/c30-23(25-14-17-4-3-13-24-22(17)31-19-5-1-2-6-19)26-18-11-9-16(10-12-18)21-27-20(28-29-21)15-7-8-15/h3-4,9-13,15,19H,1-2,5-8,14H2,(H2,25,26,30)(H,27,28,29). The van der Waals surface area contributed by atoms with E-state index in [1.807, 2.05) is 36.4 Å². The Bertz CT molecular complexity index is 1040. The van der Waals surface area contributed by atoms with Gasteiger partial charge >= 0.3 is 6.03 Å². The maximum absolute atomic E-state index is 12.4. The van der Waals surface area contributed by atoms with E-state index in [1.165, 1.54) is 25.7 Å². The number of aromatic nitrogens is 4. The molecule has 0 atom stereocenters. The van der Waals surface area contributed by atoms with E-state index in [0.29, 0.717) is 29.9 Å². The molecule has 1 aromatic carbocycles. The highest BCUT2D eigenvalue weighted by atomic mass is 16.5. The van der Waals surface area contributed by atoms with Crippen molar-refractivity contribution in [2.45, 2.75) is 57.1 Å². The number of urea groups is 1. The summed E-state index contributed by atoms with van der Waals surface area (Å²) in [5, 5.41) is 13.0. The molecule has 2 saturated carbocycles. The molecule has 2 aromatic heterocycles. The minimum absolute atomic E-state index is 0.227. The Kier molecular flexibility index (Phi) is 5.52. The van der Waals surface area contributed by atoms with Crippen LogP contribution in [0.1, 0.15) is 55.8 Å². The van der Waals surface area contributed by atoms with Crippen LogP contribution in [0.25, 0.3) is 11.4 Å². The van der Waals surface area contributed by atoms with Crippen LogP contribution in [0.3, 0.4) is 0 Å². The van der Waals surface area contributed by atoms with Gasteiger partial charge in [-0.1, -0.05) is 6.07 Å². The molecule has 160 valence electrons. The molecule has 2 heterocycles. The van der Waals surface area contributed by atoms with Gasteiger partial charge in [-0.15, -0.1) is 0 Å². The van der Waals surface area contributed by atoms with Crippen molar-refractivity contribution < 1.29 is 9.53 Å². The lowest BCUT2D eigenvalue weighted by molar-refractivity contribution is 0.199. The summed E-state index contributed by atoms with van der Waals surface area (Å²) < 4.78 is 6.04. The van der Waals surface area contributed by atoms with Crippen molar-refractivity contribution in [2.75, 3.05) is 5.32 Å². The lowest BCUT2D eigenvalue weighted by Crippen LogP contribution is -2.28. The minimum atomic E-state index is -0.280. The highest BCUT2D eigenvalue weighted by Gasteiger charge is 2.27. The summed E-state index contributed by atoms with van der Waals surface area (Å²) in [5.74, 6) is 2.79. The van der Waals surface area contributed by atoms with Crippen LogP contribution in [0.2, 0.25) is 0 Å². The monoisotopic (exact) mass is 418 g/mol. The molecule has 0 bridgehead atoms. The van der Waals surface area contributed by atoms with Gasteiger partial charge in [0.15, 0.2) is 5.82 Å². The summed E-state index contributed by atoms with van der Waals surface area (Å²) in [5.41, 5.74) is 2.49. The van der Waals surface area contributed by atoms with E-state index in [1.54, 1.807) is 6.20 Å². The smallest absolute Gasteiger partial charge is 0.319 e. The Labute approximate surface area is 180 Å². The maximum Gasteiger partial charge on any atom is 0.319 e. The van der Waals surface area contributed by atoms with Crippen LogP contribution in [0.5, 0.6) is 5.88 Å². The third kappa shape index (κ3) is 4.84. The molecule has 5 rings (SSSR count). The van der Waals surface area contributed by atoms with Gasteiger partial charge in [-0.05, 0) is 68.9 Å². The van der Waals surface area contributed by atoms with Crippen LogP contribution < -0.4 is 15.4 Å². The number of nitrogens with one attached hydrogen (secondary N) is 3. The number of aromatic amines is 1. The van der Waals surface area contributed by atoms with Gasteiger partial charge in [0.2, 0.25) is 5.88 Å². The molecular formula is C23H26N6O2. The molecule has 0 radical (unpaired) electrons. The zero-order valence-electron chi connectivity index (χ0n) is 17.3. The van der Waals surface area contributed by atoms with Crippen LogP contribution in [-0.4, -0.2) is 32.3 Å². The van der Waals surface area contributed by atoms with Crippen molar-refractivity contribution in [1.29, 1.82) is 0 Å². The van der Waals surface area contributed by atoms with Crippen LogP contribution in [0.15, 0.2) is 42.6 Å². The highest BCUT2D eigenvalue weighted by molar-refractivity contribution is 5.89. The lowest BCUT2D eigenvalue weighted by Gasteiger charge is -2.15. The number of carbonyl (C=O) groups is 1. The first-order chi connectivity index (χ1) is 15.2. The molecule has 0 aliphatic heterocycles. The second-order valence-electron chi connectivity index (χ2n) is 8.20. The summed E-state index contributed by atoms with van der Waals surface area (Å²) in [6, 6.07) is 11.0. The molecule has 3 N–H and O–H groups in total. The second kappa shape index (κ2) is 8.75. The Morgan fingerprint density at radius 1 is 1.10 bits per heavy atom. The number of hydrogen-bond acceptors (Lipinski definition) is 5. The van der Waals surface area contributed by atoms with Gasteiger partial charge in [0, 0.05) is 35.5 Å². The SMILES string of the molecule is O=C(NCc1cccnc1OC1CCCC1)Nc1ccc(-c2n[nH]c(C3CC3)n2)cc1. The van der Waals surface area contributed by atoms with Gasteiger partial charge in [0.25, 0.3) is 0 Å². The Morgan fingerprint density at radius 2 is 1.90 bits per heavy atom. The number of H-pyrrole nitrogens is 1. The Balaban J connectivity index is 1.15. The highest BCUT2D eigenvalue weighted by Crippen LogP contribution is 2.38. The molecule has 2 aliphatic rings. The zero-order chi connectivity index (χ0) is 21.0. The zero-order valence-corrected chi connectivity index (χ0v) is 17.3. The molecule has 2 fully saturated rings. The fourth-order valence-electron chi connectivity index (χ4n) is 3.83. The van der Waals surface area contributed by atoms with E-state index < -0.39 is 0 Å². The number of benzene rings is 1. The van der Waals surface area contributed by atoms with Gasteiger partial charge in [-0.25, -0.2) is 14.8 Å². The molecule has 2 aliphatic carbocycles. The molecule has 2 amide bonds. The van der Waals surface area contributed by atoms with Crippen LogP contribution in [-0.2, 0) is 6.54 Å². The predicted octanol–water partition coefficient (Wildman–Crippen LogP) is 4.39. The van der Waals surface area contributed by atoms with Crippen molar-refractivity contribution in [3.63, 3.8) is 0 Å². The predicted molar refractivity (Wildman–Crippen MR) is 117 cm³/mol. The van der Waals surface area contributed by atoms with Gasteiger partial charge in [0.05, 0.1) is 0 Å². The summed E-state index contributed by atoms with van der Waals surface area (Å²) in [6.45, 7) is 0.348. The minimum Gasteiger partial charge on any atom is -0.474 e. The summed E-state index contributed by atoms with van der Waals surface area (Å²) in [4.78, 5) is 21.3. The number of pyridine rings is 1. The number of ether oxygens (including phenoxy) is 1. The molecule has 0 spiro atoms. The summed E-state index contributed by atoms with van der Waals surface area (Å²) >= 11 is 0. The number of nitrogens with zero attached hydrogens (tertiary/aromatic N) is 3. The molecule has 8 nitrogen and oxygen atoms in total. The first-order valence-corrected chi connectivity index (χ1v) is 10.9. The molecular weight excluding hydrogens is 392 g/mol. The van der Waals surface area contributed by atoms with Crippen LogP contribution in [0.4, 0.5) is 10.5 Å². The fourth-order valence-corrected chi connectivity index (χ4v) is 3.83. The first kappa shape index (κ1) is 19.5. The maximum atomic E-state index is 12.4. The molecule has 0 unspecified atom stereocenters. The van der Waals surface area contributed by atoms with E-state index in [2.05, 4.69) is 30.8 Å². The summed E-state index contributed by atoms with van der Waals surface area (Å²) in [7, 11) is 0. The number of rotatable bonds is 7. The van der Waals surface area contributed by atoms with E-state index in [0.717, 1.165) is 29.8 Å². The topological polar surface area (TPSA) is 105 Å². The van der Waals surface area contributed by atoms with Gasteiger partial charge < -0.3 is 15.4 Å². The second-order valence-corrected chi connectivity index (χ2v) is 8.20. The largest absolute Gasteiger partial charge is 0.474 e. The van der Waals surface area contributed by atoms with Gasteiger partial charge in [0.1, 0.15) is 11.9 Å². The van der Waals surface area contributed by atoms with Crippen molar-refractivity contribution in [3.8, 4) is 17.3 Å². The normalized spacial score (nSPS) is 16.3. The van der Waals surface area contributed by atoms with Gasteiger partial charge in [-0.3, -0.25) is 5.10 Å². The number of carbonyl (C=O) groups excluding carboxylic acids is 1. The molecule has 31 heavy (non-hydrogen) atoms. The van der Waals surface area contributed by atoms with Crippen molar-refractivity contribution in [1.82, 2.24) is 25.5 Å². The summed E-state index contributed by atoms with van der Waals surface area (Å²) in [6.07, 6.45) is 8.83. The van der Waals surface area contributed by atoms with Crippen molar-refractivity contribution >= 4 is 11.7 Å². The van der Waals surface area contributed by atoms with E-state index in [-0.39, 0.29) is 12.1 Å². The van der Waals surface area contributed by atoms with Crippen LogP contribution in [0, 0.1) is 0 Å². The quantitative estimate of drug-likeness (QED) is 0.528. The van der Waals surface area contributed by atoms with Gasteiger partial charge in [-0.2, -0.15) is 5.10 Å². The number of anilines is 1. The molecule has 0 saturated heterocycles. The number of amides is 2. The van der Waals surface area contributed by atoms with E-state index in [4.69, 9.17) is 4.74 Å². The lowest BCUT2D eigenvalue weighted by atomic mass is 10.2. The molecule has 3 aromatic rings. The molecule has 8 heteroatoms. The van der Waals surface area contributed by atoms with Crippen LogP contribution >= 0.6 is 0 Å². The average molecular weight is 419 g/mol. The Morgan fingerprint density at radius 3 is 2.68 bits per heavy atom. The van der Waals surface area contributed by atoms with Crippen molar-refractivity contribution in [3.05, 3.63) is 54.0 Å². The fraction of sp³-hybridized carbons (Fsp3) is 0.391. The average Bonchev–Trinajstić information content (AvgIpc) is 3.29. The van der Waals surface area contributed by atoms with E-state index in [9.17, 15) is 4.79 Å². The van der Waals surface area contributed by atoms with Crippen molar-refractivity contribution in [2.24, 2.45) is 0 Å². The Hall–Kier alpha value is -3.42. The third-order valence-corrected chi connectivity index (χ3v) is 5.74. The van der Waals surface area contributed by atoms with E-state index >= 15 is 0 Å². The first-order valence-electron chi connectivity index (χ1n) is 10.9.